The lowest BCUT2D eigenvalue weighted by Gasteiger charge is -2.17. The van der Waals surface area contributed by atoms with Crippen molar-refractivity contribution in [3.8, 4) is 0 Å². The molecule has 0 saturated carbocycles. The fraction of sp³-hybridized carbons (Fsp3) is 0.0476. The third-order valence-corrected chi connectivity index (χ3v) is 4.16. The Morgan fingerprint density at radius 1 is 0.792 bits per heavy atom. The Balaban J connectivity index is 1.90. The van der Waals surface area contributed by atoms with Crippen molar-refractivity contribution in [1.29, 1.82) is 0 Å². The molecule has 3 aromatic rings. The van der Waals surface area contributed by atoms with Gasteiger partial charge in [-0.15, -0.1) is 0 Å². The summed E-state index contributed by atoms with van der Waals surface area (Å²) in [6.07, 6.45) is -0.742. The molecule has 4 rings (SSSR count). The molecule has 0 spiro atoms. The van der Waals surface area contributed by atoms with Gasteiger partial charge in [0.25, 0.3) is 0 Å². The average molecular weight is 314 g/mol. The highest BCUT2D eigenvalue weighted by Crippen LogP contribution is 2.39. The van der Waals surface area contributed by atoms with Gasteiger partial charge in [0.2, 0.25) is 0 Å². The lowest BCUT2D eigenvalue weighted by Crippen LogP contribution is -2.16. The number of fused-ring (bicyclic) bond motifs is 1. The standard InChI is InChI=1S/C21H18N2O/c24-21-19(17-13-7-8-14-18(17)23-21)20(15-9-3-1-4-10-15)22-16-11-5-2-6-12-16/h1-14,21-24H/b20-19-. The Morgan fingerprint density at radius 2 is 1.42 bits per heavy atom. The molecule has 1 heterocycles. The van der Waals surface area contributed by atoms with E-state index in [1.165, 1.54) is 0 Å². The number of aliphatic hydroxyl groups is 1. The van der Waals surface area contributed by atoms with Gasteiger partial charge in [-0.3, -0.25) is 0 Å². The van der Waals surface area contributed by atoms with Crippen LogP contribution in [0.15, 0.2) is 84.9 Å². The zero-order chi connectivity index (χ0) is 16.4. The summed E-state index contributed by atoms with van der Waals surface area (Å²) in [6.45, 7) is 0. The number of aliphatic hydroxyl groups excluding tert-OH is 1. The first-order valence-corrected chi connectivity index (χ1v) is 7.98. The largest absolute Gasteiger partial charge is 0.369 e. The minimum Gasteiger partial charge on any atom is -0.369 e. The Hall–Kier alpha value is -3.04. The lowest BCUT2D eigenvalue weighted by atomic mass is 9.99. The molecule has 3 heteroatoms. The Labute approximate surface area is 141 Å². The van der Waals surface area contributed by atoms with Crippen molar-refractivity contribution in [2.45, 2.75) is 6.23 Å². The minimum absolute atomic E-state index is 0.742. The van der Waals surface area contributed by atoms with Gasteiger partial charge in [-0.2, -0.15) is 0 Å². The molecule has 1 aliphatic rings. The molecular formula is C21H18N2O. The van der Waals surface area contributed by atoms with Crippen LogP contribution in [0, 0.1) is 0 Å². The van der Waals surface area contributed by atoms with Crippen LogP contribution in [0.1, 0.15) is 11.1 Å². The first-order chi connectivity index (χ1) is 11.8. The van der Waals surface area contributed by atoms with Gasteiger partial charge in [0.1, 0.15) is 0 Å². The Morgan fingerprint density at radius 3 is 2.17 bits per heavy atom. The highest BCUT2D eigenvalue weighted by atomic mass is 16.3. The summed E-state index contributed by atoms with van der Waals surface area (Å²) in [4.78, 5) is 0. The topological polar surface area (TPSA) is 44.3 Å². The summed E-state index contributed by atoms with van der Waals surface area (Å²) in [5.41, 5.74) is 5.76. The van der Waals surface area contributed by atoms with Gasteiger partial charge < -0.3 is 15.7 Å². The molecule has 118 valence electrons. The predicted molar refractivity (Wildman–Crippen MR) is 99.4 cm³/mol. The van der Waals surface area contributed by atoms with Gasteiger partial charge >= 0.3 is 0 Å². The van der Waals surface area contributed by atoms with Crippen molar-refractivity contribution in [2.75, 3.05) is 10.6 Å². The quantitative estimate of drug-likeness (QED) is 0.671. The van der Waals surface area contributed by atoms with Crippen molar-refractivity contribution in [3.05, 3.63) is 96.1 Å². The predicted octanol–water partition coefficient (Wildman–Crippen LogP) is 4.41. The average Bonchev–Trinajstić information content (AvgIpc) is 2.97. The maximum Gasteiger partial charge on any atom is 0.153 e. The van der Waals surface area contributed by atoms with Crippen molar-refractivity contribution < 1.29 is 5.11 Å². The van der Waals surface area contributed by atoms with Crippen molar-refractivity contribution in [3.63, 3.8) is 0 Å². The summed E-state index contributed by atoms with van der Waals surface area (Å²) in [7, 11) is 0. The van der Waals surface area contributed by atoms with Crippen LogP contribution in [-0.4, -0.2) is 11.3 Å². The van der Waals surface area contributed by atoms with E-state index in [1.54, 1.807) is 0 Å². The normalized spacial score (nSPS) is 17.8. The summed E-state index contributed by atoms with van der Waals surface area (Å²) in [6, 6.07) is 28.1. The minimum atomic E-state index is -0.742. The van der Waals surface area contributed by atoms with Gasteiger partial charge in [0, 0.05) is 22.5 Å². The molecule has 0 saturated heterocycles. The molecule has 1 unspecified atom stereocenters. The fourth-order valence-corrected chi connectivity index (χ4v) is 3.05. The summed E-state index contributed by atoms with van der Waals surface area (Å²) < 4.78 is 0. The second kappa shape index (κ2) is 6.22. The van der Waals surface area contributed by atoms with E-state index in [9.17, 15) is 5.11 Å². The van der Waals surface area contributed by atoms with Gasteiger partial charge in [-0.1, -0.05) is 66.7 Å². The van der Waals surface area contributed by atoms with Crippen LogP contribution >= 0.6 is 0 Å². The fourth-order valence-electron chi connectivity index (χ4n) is 3.05. The second-order valence-electron chi connectivity index (χ2n) is 5.74. The Kier molecular flexibility index (Phi) is 3.77. The maximum atomic E-state index is 10.6. The zero-order valence-corrected chi connectivity index (χ0v) is 13.1. The number of hydrogen-bond acceptors (Lipinski definition) is 3. The van der Waals surface area contributed by atoms with Crippen molar-refractivity contribution in [2.24, 2.45) is 0 Å². The summed E-state index contributed by atoms with van der Waals surface area (Å²) in [5.74, 6) is 0. The first-order valence-electron chi connectivity index (χ1n) is 7.98. The molecule has 0 aliphatic carbocycles. The SMILES string of the molecule is OC1Nc2ccccc2/C1=C(/Nc1ccccc1)c1ccccc1. The molecular weight excluding hydrogens is 296 g/mol. The van der Waals surface area contributed by atoms with Crippen LogP contribution in [0.5, 0.6) is 0 Å². The van der Waals surface area contributed by atoms with E-state index >= 15 is 0 Å². The van der Waals surface area contributed by atoms with Crippen LogP contribution < -0.4 is 10.6 Å². The molecule has 0 fully saturated rings. The van der Waals surface area contributed by atoms with Gasteiger partial charge in [-0.25, -0.2) is 0 Å². The van der Waals surface area contributed by atoms with Gasteiger partial charge in [0.05, 0.1) is 5.70 Å². The van der Waals surface area contributed by atoms with Crippen LogP contribution in [0.3, 0.4) is 0 Å². The number of benzene rings is 3. The lowest BCUT2D eigenvalue weighted by molar-refractivity contribution is 0.266. The van der Waals surface area contributed by atoms with Gasteiger partial charge in [0.15, 0.2) is 6.23 Å². The summed E-state index contributed by atoms with van der Waals surface area (Å²) in [5, 5.41) is 17.2. The van der Waals surface area contributed by atoms with E-state index in [1.807, 2.05) is 84.9 Å². The zero-order valence-electron chi connectivity index (χ0n) is 13.1. The van der Waals surface area contributed by atoms with E-state index in [4.69, 9.17) is 0 Å². The molecule has 0 amide bonds. The van der Waals surface area contributed by atoms with E-state index in [-0.39, 0.29) is 0 Å². The smallest absolute Gasteiger partial charge is 0.153 e. The van der Waals surface area contributed by atoms with Crippen molar-refractivity contribution >= 4 is 22.6 Å². The number of para-hydroxylation sites is 2. The highest BCUT2D eigenvalue weighted by Gasteiger charge is 2.27. The van der Waals surface area contributed by atoms with Crippen LogP contribution in [0.2, 0.25) is 0 Å². The van der Waals surface area contributed by atoms with Gasteiger partial charge in [-0.05, 0) is 23.8 Å². The first kappa shape index (κ1) is 14.5. The molecule has 3 N–H and O–H groups in total. The third-order valence-electron chi connectivity index (χ3n) is 4.16. The number of rotatable bonds is 3. The third kappa shape index (κ3) is 2.66. The van der Waals surface area contributed by atoms with E-state index < -0.39 is 6.23 Å². The molecule has 0 bridgehead atoms. The summed E-state index contributed by atoms with van der Waals surface area (Å²) >= 11 is 0. The highest BCUT2D eigenvalue weighted by molar-refractivity contribution is 6.03. The number of hydrogen-bond donors (Lipinski definition) is 3. The molecule has 0 radical (unpaired) electrons. The molecule has 3 nitrogen and oxygen atoms in total. The molecule has 0 aromatic heterocycles. The van der Waals surface area contributed by atoms with E-state index in [0.717, 1.165) is 33.8 Å². The molecule has 3 aromatic carbocycles. The monoisotopic (exact) mass is 314 g/mol. The number of nitrogens with one attached hydrogen (secondary N) is 2. The maximum absolute atomic E-state index is 10.6. The molecule has 1 aliphatic heterocycles. The van der Waals surface area contributed by atoms with Crippen LogP contribution in [0.25, 0.3) is 11.3 Å². The van der Waals surface area contributed by atoms with E-state index in [0.29, 0.717) is 0 Å². The van der Waals surface area contributed by atoms with Crippen LogP contribution in [-0.2, 0) is 0 Å². The van der Waals surface area contributed by atoms with Crippen LogP contribution in [0.4, 0.5) is 11.4 Å². The molecule has 24 heavy (non-hydrogen) atoms. The number of anilines is 2. The second-order valence-corrected chi connectivity index (χ2v) is 5.74. The Bertz CT molecular complexity index is 873. The van der Waals surface area contributed by atoms with E-state index in [2.05, 4.69) is 10.6 Å². The van der Waals surface area contributed by atoms with Crippen molar-refractivity contribution in [1.82, 2.24) is 0 Å². The molecule has 1 atom stereocenters.